The van der Waals surface area contributed by atoms with Gasteiger partial charge in [0.25, 0.3) is 0 Å². The van der Waals surface area contributed by atoms with Crippen molar-refractivity contribution in [3.63, 3.8) is 0 Å². The lowest BCUT2D eigenvalue weighted by Gasteiger charge is -2.50. The van der Waals surface area contributed by atoms with Crippen molar-refractivity contribution in [2.24, 2.45) is 0 Å². The number of benzene rings is 8. The Morgan fingerprint density at radius 2 is 0.578 bits per heavy atom. The first kappa shape index (κ1) is 37.4. The number of hydrogen-bond acceptors (Lipinski definition) is 5. The molecule has 0 atom stereocenters. The molecule has 0 spiro atoms. The van der Waals surface area contributed by atoms with Gasteiger partial charge in [0, 0.05) is 22.3 Å². The molecule has 2 heterocycles. The van der Waals surface area contributed by atoms with Gasteiger partial charge in [-0.25, -0.2) is 24.9 Å². The minimum Gasteiger partial charge on any atom is -0.231 e. The van der Waals surface area contributed by atoms with Gasteiger partial charge >= 0.3 is 0 Å². The molecule has 0 aliphatic heterocycles. The van der Waals surface area contributed by atoms with E-state index in [0.717, 1.165) is 78.1 Å². The Morgan fingerprint density at radius 1 is 0.234 bits per heavy atom. The fourth-order valence-corrected chi connectivity index (χ4v) is 9.75. The van der Waals surface area contributed by atoms with E-state index in [9.17, 15) is 0 Å². The molecule has 5 heteroatoms. The van der Waals surface area contributed by atoms with Crippen LogP contribution < -0.4 is 0 Å². The quantitative estimate of drug-likeness (QED) is 0.143. The van der Waals surface area contributed by atoms with E-state index in [4.69, 9.17) is 24.9 Å². The first-order valence-corrected chi connectivity index (χ1v) is 21.7. The highest BCUT2D eigenvalue weighted by molar-refractivity contribution is 5.78. The van der Waals surface area contributed by atoms with E-state index in [1.54, 1.807) is 0 Å². The highest BCUT2D eigenvalue weighted by Gasteiger charge is 2.56. The fraction of sp³-hybridized carbons (Fsp3) is 0.0339. The summed E-state index contributed by atoms with van der Waals surface area (Å²) in [6.07, 6.45) is 4.62. The van der Waals surface area contributed by atoms with Crippen LogP contribution in [0, 0.1) is 0 Å². The van der Waals surface area contributed by atoms with Gasteiger partial charge < -0.3 is 0 Å². The molecule has 0 fully saturated rings. The average Bonchev–Trinajstić information content (AvgIpc) is 3.39. The molecule has 10 aromatic rings. The van der Waals surface area contributed by atoms with Gasteiger partial charge in [0.1, 0.15) is 5.82 Å². The smallest absolute Gasteiger partial charge is 0.163 e. The summed E-state index contributed by atoms with van der Waals surface area (Å²) in [5.41, 5.74) is 12.8. The molecule has 64 heavy (non-hydrogen) atoms. The summed E-state index contributed by atoms with van der Waals surface area (Å²) in [7, 11) is 0. The van der Waals surface area contributed by atoms with E-state index in [2.05, 4.69) is 206 Å². The predicted octanol–water partition coefficient (Wildman–Crippen LogP) is 13.2. The van der Waals surface area contributed by atoms with Crippen molar-refractivity contribution in [2.75, 3.05) is 0 Å². The van der Waals surface area contributed by atoms with E-state index in [1.165, 1.54) is 0 Å². The normalized spacial score (nSPS) is 16.8. The zero-order chi connectivity index (χ0) is 42.5. The molecule has 0 saturated carbocycles. The lowest BCUT2D eigenvalue weighted by atomic mass is 9.52. The maximum atomic E-state index is 5.59. The van der Waals surface area contributed by atoms with Crippen molar-refractivity contribution in [1.29, 1.82) is 0 Å². The predicted molar refractivity (Wildman–Crippen MR) is 256 cm³/mol. The summed E-state index contributed by atoms with van der Waals surface area (Å²) < 4.78 is 0. The van der Waals surface area contributed by atoms with Crippen molar-refractivity contribution in [1.82, 2.24) is 24.9 Å². The number of nitrogens with zero attached hydrogens (tertiary/aromatic N) is 5. The third-order valence-corrected chi connectivity index (χ3v) is 12.8. The SMILES string of the molecule is C1=CC2(c3nc(-c4ccccc4)nc(-c4cccc(-c5ccccc5)c4)n3)c3ccccc3C1(c1nc(-c3ccccc3)cc(-c3cccc(-c4ccccc4)c3)n1)c1ccccc12. The summed E-state index contributed by atoms with van der Waals surface area (Å²) in [5, 5.41) is 0. The Kier molecular flexibility index (Phi) is 8.87. The van der Waals surface area contributed by atoms with Crippen LogP contribution in [0.4, 0.5) is 0 Å². The maximum absolute atomic E-state index is 5.59. The van der Waals surface area contributed by atoms with Gasteiger partial charge in [0.05, 0.1) is 22.2 Å². The van der Waals surface area contributed by atoms with Crippen molar-refractivity contribution in [2.45, 2.75) is 10.8 Å². The van der Waals surface area contributed by atoms with Crippen LogP contribution in [-0.4, -0.2) is 24.9 Å². The number of allylic oxidation sites excluding steroid dienone is 2. The molecule has 0 N–H and O–H groups in total. The van der Waals surface area contributed by atoms with Gasteiger partial charge in [-0.1, -0.05) is 218 Å². The second-order valence-corrected chi connectivity index (χ2v) is 16.4. The Hall–Kier alpha value is -8.41. The summed E-state index contributed by atoms with van der Waals surface area (Å²) in [4.78, 5) is 27.2. The molecule has 3 aliphatic rings. The Morgan fingerprint density at radius 3 is 1.08 bits per heavy atom. The highest BCUT2D eigenvalue weighted by atomic mass is 15.1. The van der Waals surface area contributed by atoms with Gasteiger partial charge in [0.15, 0.2) is 17.5 Å². The maximum Gasteiger partial charge on any atom is 0.163 e. The molecular formula is C59H39N5. The Bertz CT molecular complexity index is 3110. The topological polar surface area (TPSA) is 64.5 Å². The summed E-state index contributed by atoms with van der Waals surface area (Å²) in [5.74, 6) is 2.59. The first-order valence-electron chi connectivity index (χ1n) is 21.7. The molecule has 8 aromatic carbocycles. The molecule has 2 aromatic heterocycles. The molecule has 0 amide bonds. The lowest BCUT2D eigenvalue weighted by molar-refractivity contribution is 0.556. The van der Waals surface area contributed by atoms with Crippen molar-refractivity contribution >= 4 is 0 Å². The standard InChI is InChI=1S/C59H39N5/c1-5-19-40(20-6-1)44-27-17-29-46(37-44)53-39-52(42-23-9-3-10-24-42)60-56(61-53)58-35-36-59(50-33-15-13-31-48(50)58,51-34-16-14-32-49(51)58)57-63-54(43-25-11-4-12-26-43)62-55(64-57)47-30-18-28-45(38-47)41-21-7-2-8-22-41/h1-39H. The largest absolute Gasteiger partial charge is 0.231 e. The summed E-state index contributed by atoms with van der Waals surface area (Å²) >= 11 is 0. The van der Waals surface area contributed by atoms with Crippen LogP contribution in [0.5, 0.6) is 0 Å². The monoisotopic (exact) mass is 817 g/mol. The van der Waals surface area contributed by atoms with Gasteiger partial charge in [0.2, 0.25) is 0 Å². The molecule has 300 valence electrons. The zero-order valence-electron chi connectivity index (χ0n) is 34.8. The van der Waals surface area contributed by atoms with Crippen molar-refractivity contribution in [3.05, 3.63) is 271 Å². The first-order chi connectivity index (χ1) is 31.7. The van der Waals surface area contributed by atoms with Gasteiger partial charge in [-0.05, 0) is 62.7 Å². The van der Waals surface area contributed by atoms with Crippen LogP contribution in [0.2, 0.25) is 0 Å². The molecule has 3 aliphatic carbocycles. The fourth-order valence-electron chi connectivity index (χ4n) is 9.75. The molecular weight excluding hydrogens is 779 g/mol. The molecule has 0 unspecified atom stereocenters. The molecule has 0 saturated heterocycles. The number of aromatic nitrogens is 5. The average molecular weight is 818 g/mol. The van der Waals surface area contributed by atoms with Gasteiger partial charge in [-0.2, -0.15) is 0 Å². The van der Waals surface area contributed by atoms with E-state index in [-0.39, 0.29) is 0 Å². The summed E-state index contributed by atoms with van der Waals surface area (Å²) in [6.45, 7) is 0. The minimum absolute atomic E-state index is 0.614. The van der Waals surface area contributed by atoms with E-state index in [0.29, 0.717) is 23.3 Å². The van der Waals surface area contributed by atoms with E-state index in [1.807, 2.05) is 30.3 Å². The lowest BCUT2D eigenvalue weighted by Crippen LogP contribution is -2.48. The molecule has 13 rings (SSSR count). The van der Waals surface area contributed by atoms with Crippen LogP contribution >= 0.6 is 0 Å². The third kappa shape index (κ3) is 6.04. The van der Waals surface area contributed by atoms with Crippen LogP contribution in [0.3, 0.4) is 0 Å². The van der Waals surface area contributed by atoms with Crippen LogP contribution in [0.25, 0.3) is 67.5 Å². The van der Waals surface area contributed by atoms with Crippen LogP contribution in [-0.2, 0) is 10.8 Å². The molecule has 0 radical (unpaired) electrons. The Balaban J connectivity index is 1.09. The second-order valence-electron chi connectivity index (χ2n) is 16.4. The van der Waals surface area contributed by atoms with Crippen molar-refractivity contribution in [3.8, 4) is 67.5 Å². The van der Waals surface area contributed by atoms with E-state index < -0.39 is 10.8 Å². The van der Waals surface area contributed by atoms with Crippen LogP contribution in [0.15, 0.2) is 237 Å². The highest BCUT2D eigenvalue weighted by Crippen LogP contribution is 2.59. The summed E-state index contributed by atoms with van der Waals surface area (Å²) in [6, 6.07) is 78.3. The van der Waals surface area contributed by atoms with E-state index >= 15 is 0 Å². The number of rotatable bonds is 8. The zero-order valence-corrected chi connectivity index (χ0v) is 34.8. The van der Waals surface area contributed by atoms with Gasteiger partial charge in [-0.15, -0.1) is 0 Å². The second kappa shape index (κ2) is 15.2. The van der Waals surface area contributed by atoms with Gasteiger partial charge in [-0.3, -0.25) is 0 Å². The molecule has 5 nitrogen and oxygen atoms in total. The van der Waals surface area contributed by atoms with Crippen LogP contribution in [0.1, 0.15) is 33.9 Å². The third-order valence-electron chi connectivity index (χ3n) is 12.8. The number of hydrogen-bond donors (Lipinski definition) is 0. The van der Waals surface area contributed by atoms with Crippen molar-refractivity contribution < 1.29 is 0 Å². The minimum atomic E-state index is -0.850. The Labute approximate surface area is 372 Å². The molecule has 2 bridgehead atoms.